The van der Waals surface area contributed by atoms with Gasteiger partial charge in [0.05, 0.1) is 20.3 Å². The van der Waals surface area contributed by atoms with Crippen molar-refractivity contribution in [2.75, 3.05) is 51.8 Å². The average Bonchev–Trinajstić information content (AvgIpc) is 2.50. The van der Waals surface area contributed by atoms with Gasteiger partial charge < -0.3 is 19.9 Å². The number of quaternary nitrogens is 1. The summed E-state index contributed by atoms with van der Waals surface area (Å²) in [5, 5.41) is 3.50. The summed E-state index contributed by atoms with van der Waals surface area (Å²) >= 11 is 5.90. The van der Waals surface area contributed by atoms with Gasteiger partial charge in [0.25, 0.3) is 11.8 Å². The zero-order valence-electron chi connectivity index (χ0n) is 13.5. The third-order valence-corrected chi connectivity index (χ3v) is 3.98. The first-order valence-electron chi connectivity index (χ1n) is 7.68. The van der Waals surface area contributed by atoms with Crippen LogP contribution in [0.1, 0.15) is 5.56 Å². The summed E-state index contributed by atoms with van der Waals surface area (Å²) in [7, 11) is 1.84. The third-order valence-electron chi connectivity index (χ3n) is 3.74. The number of nitrogens with zero attached hydrogens (tertiary/aromatic N) is 1. The molecule has 2 amide bonds. The normalized spacial score (nSPS) is 16.0. The molecule has 0 radical (unpaired) electrons. The van der Waals surface area contributed by atoms with Crippen molar-refractivity contribution in [2.24, 2.45) is 0 Å². The number of ether oxygens (including phenoxy) is 1. The van der Waals surface area contributed by atoms with Crippen molar-refractivity contribution in [3.05, 3.63) is 28.8 Å². The molecule has 1 atom stereocenters. The SMILES string of the molecule is Cc1cc(Cl)ccc1NC(=O)C[NH+](C)CC(=O)N1CCOCC1. The van der Waals surface area contributed by atoms with Crippen LogP contribution in [0.5, 0.6) is 0 Å². The predicted molar refractivity (Wildman–Crippen MR) is 88.8 cm³/mol. The molecular formula is C16H23ClN3O3+. The molecule has 2 N–H and O–H groups in total. The van der Waals surface area contributed by atoms with Gasteiger partial charge in [0.2, 0.25) is 0 Å². The van der Waals surface area contributed by atoms with Crippen molar-refractivity contribution in [3.8, 4) is 0 Å². The lowest BCUT2D eigenvalue weighted by atomic mass is 10.2. The monoisotopic (exact) mass is 340 g/mol. The van der Waals surface area contributed by atoms with Gasteiger partial charge in [-0.15, -0.1) is 0 Å². The molecule has 126 valence electrons. The number of morpholine rings is 1. The molecule has 1 aromatic carbocycles. The number of benzene rings is 1. The van der Waals surface area contributed by atoms with E-state index < -0.39 is 0 Å². The van der Waals surface area contributed by atoms with E-state index in [1.165, 1.54) is 0 Å². The summed E-state index contributed by atoms with van der Waals surface area (Å²) in [6.07, 6.45) is 0. The Morgan fingerprint density at radius 1 is 1.30 bits per heavy atom. The highest BCUT2D eigenvalue weighted by Crippen LogP contribution is 2.19. The maximum Gasteiger partial charge on any atom is 0.279 e. The quantitative estimate of drug-likeness (QED) is 0.790. The molecule has 0 bridgehead atoms. The van der Waals surface area contributed by atoms with Crippen molar-refractivity contribution in [3.63, 3.8) is 0 Å². The van der Waals surface area contributed by atoms with E-state index in [0.29, 0.717) is 37.9 Å². The van der Waals surface area contributed by atoms with Crippen LogP contribution in [0.15, 0.2) is 18.2 Å². The van der Waals surface area contributed by atoms with Crippen molar-refractivity contribution < 1.29 is 19.2 Å². The Balaban J connectivity index is 1.81. The van der Waals surface area contributed by atoms with E-state index in [2.05, 4.69) is 5.32 Å². The number of rotatable bonds is 5. The Kier molecular flexibility index (Phi) is 6.38. The number of aryl methyl sites for hydroxylation is 1. The molecule has 1 aliphatic rings. The molecule has 0 spiro atoms. The fourth-order valence-corrected chi connectivity index (χ4v) is 2.71. The lowest BCUT2D eigenvalue weighted by Gasteiger charge is -2.27. The Hall–Kier alpha value is -1.63. The number of hydrogen-bond acceptors (Lipinski definition) is 3. The van der Waals surface area contributed by atoms with Crippen LogP contribution in [0, 0.1) is 6.92 Å². The molecule has 2 rings (SSSR count). The van der Waals surface area contributed by atoms with Gasteiger partial charge in [0.15, 0.2) is 13.1 Å². The zero-order valence-corrected chi connectivity index (χ0v) is 14.3. The topological polar surface area (TPSA) is 63.1 Å². The van der Waals surface area contributed by atoms with E-state index in [0.717, 1.165) is 16.2 Å². The van der Waals surface area contributed by atoms with Gasteiger partial charge >= 0.3 is 0 Å². The lowest BCUT2D eigenvalue weighted by Crippen LogP contribution is -3.11. The molecule has 1 aromatic rings. The first kappa shape index (κ1) is 17.7. The van der Waals surface area contributed by atoms with E-state index in [1.807, 2.05) is 14.0 Å². The standard InChI is InChI=1S/C16H22ClN3O3/c1-12-9-13(17)3-4-14(12)18-15(21)10-19(2)11-16(22)20-5-7-23-8-6-20/h3-4,9H,5-8,10-11H2,1-2H3,(H,18,21)/p+1. The number of amides is 2. The minimum atomic E-state index is -0.123. The van der Waals surface area contributed by atoms with Crippen LogP contribution in [-0.4, -0.2) is 63.2 Å². The van der Waals surface area contributed by atoms with Gasteiger partial charge in [0, 0.05) is 23.8 Å². The second-order valence-corrected chi connectivity index (χ2v) is 6.25. The fourth-order valence-electron chi connectivity index (χ4n) is 2.48. The van der Waals surface area contributed by atoms with Crippen molar-refractivity contribution >= 4 is 29.1 Å². The first-order chi connectivity index (χ1) is 11.0. The van der Waals surface area contributed by atoms with Crippen LogP contribution >= 0.6 is 11.6 Å². The molecule has 0 aliphatic carbocycles. The average molecular weight is 341 g/mol. The minimum Gasteiger partial charge on any atom is -0.378 e. The van der Waals surface area contributed by atoms with E-state index in [4.69, 9.17) is 16.3 Å². The fraction of sp³-hybridized carbons (Fsp3) is 0.500. The summed E-state index contributed by atoms with van der Waals surface area (Å²) < 4.78 is 5.23. The number of halogens is 1. The largest absolute Gasteiger partial charge is 0.378 e. The Morgan fingerprint density at radius 2 is 2.00 bits per heavy atom. The van der Waals surface area contributed by atoms with Gasteiger partial charge in [-0.3, -0.25) is 9.59 Å². The molecule has 1 heterocycles. The molecule has 1 fully saturated rings. The number of carbonyl (C=O) groups is 2. The van der Waals surface area contributed by atoms with Crippen LogP contribution in [0.25, 0.3) is 0 Å². The molecule has 1 aliphatic heterocycles. The summed E-state index contributed by atoms with van der Waals surface area (Å²) in [6.45, 7) is 4.85. The number of anilines is 1. The maximum absolute atomic E-state index is 12.1. The second kappa shape index (κ2) is 8.29. The van der Waals surface area contributed by atoms with Gasteiger partial charge in [-0.25, -0.2) is 0 Å². The zero-order chi connectivity index (χ0) is 16.8. The van der Waals surface area contributed by atoms with Crippen molar-refractivity contribution in [1.82, 2.24) is 4.90 Å². The third kappa shape index (κ3) is 5.49. The van der Waals surface area contributed by atoms with Crippen LogP contribution < -0.4 is 10.2 Å². The number of likely N-dealkylation sites (N-methyl/N-ethyl adjacent to an activating group) is 1. The molecule has 0 saturated carbocycles. The Morgan fingerprint density at radius 3 is 2.65 bits per heavy atom. The Labute approximate surface area is 141 Å². The van der Waals surface area contributed by atoms with Gasteiger partial charge in [-0.05, 0) is 30.7 Å². The number of carbonyl (C=O) groups excluding carboxylic acids is 2. The highest BCUT2D eigenvalue weighted by atomic mass is 35.5. The van der Waals surface area contributed by atoms with E-state index in [1.54, 1.807) is 23.1 Å². The molecule has 1 saturated heterocycles. The maximum atomic E-state index is 12.1. The van der Waals surface area contributed by atoms with E-state index in [9.17, 15) is 9.59 Å². The van der Waals surface area contributed by atoms with Crippen LogP contribution in [0.3, 0.4) is 0 Å². The van der Waals surface area contributed by atoms with Crippen molar-refractivity contribution in [1.29, 1.82) is 0 Å². The molecule has 6 nitrogen and oxygen atoms in total. The minimum absolute atomic E-state index is 0.0567. The summed E-state index contributed by atoms with van der Waals surface area (Å²) in [5.41, 5.74) is 1.65. The molecule has 7 heteroatoms. The van der Waals surface area contributed by atoms with Gasteiger partial charge in [-0.1, -0.05) is 11.6 Å². The number of nitrogens with one attached hydrogen (secondary N) is 2. The van der Waals surface area contributed by atoms with Crippen LogP contribution in [0.4, 0.5) is 5.69 Å². The smallest absolute Gasteiger partial charge is 0.279 e. The van der Waals surface area contributed by atoms with Gasteiger partial charge in [-0.2, -0.15) is 0 Å². The molecule has 0 aromatic heterocycles. The molecular weight excluding hydrogens is 318 g/mol. The summed E-state index contributed by atoms with van der Waals surface area (Å²) in [5.74, 6) is -0.0658. The van der Waals surface area contributed by atoms with Crippen LogP contribution in [-0.2, 0) is 14.3 Å². The summed E-state index contributed by atoms with van der Waals surface area (Å²) in [6, 6.07) is 5.32. The summed E-state index contributed by atoms with van der Waals surface area (Å²) in [4.78, 5) is 26.9. The highest BCUT2D eigenvalue weighted by molar-refractivity contribution is 6.30. The Bertz CT molecular complexity index is 574. The van der Waals surface area contributed by atoms with Gasteiger partial charge in [0.1, 0.15) is 0 Å². The molecule has 1 unspecified atom stereocenters. The second-order valence-electron chi connectivity index (χ2n) is 5.81. The first-order valence-corrected chi connectivity index (χ1v) is 8.06. The van der Waals surface area contributed by atoms with Crippen LogP contribution in [0.2, 0.25) is 5.02 Å². The predicted octanol–water partition coefficient (Wildman–Crippen LogP) is -0.0396. The highest BCUT2D eigenvalue weighted by Gasteiger charge is 2.21. The number of hydrogen-bond donors (Lipinski definition) is 2. The lowest BCUT2D eigenvalue weighted by molar-refractivity contribution is -0.862. The van der Waals surface area contributed by atoms with E-state index in [-0.39, 0.29) is 18.4 Å². The van der Waals surface area contributed by atoms with Crippen molar-refractivity contribution in [2.45, 2.75) is 6.92 Å². The molecule has 23 heavy (non-hydrogen) atoms. The van der Waals surface area contributed by atoms with E-state index >= 15 is 0 Å².